The van der Waals surface area contributed by atoms with Crippen molar-refractivity contribution in [2.24, 2.45) is 0 Å². The van der Waals surface area contributed by atoms with Crippen LogP contribution in [0.15, 0.2) is 52.6 Å². The third-order valence-electron chi connectivity index (χ3n) is 5.27. The van der Waals surface area contributed by atoms with Crippen molar-refractivity contribution in [1.29, 1.82) is 0 Å². The second-order valence-corrected chi connectivity index (χ2v) is 7.91. The van der Waals surface area contributed by atoms with E-state index in [1.807, 2.05) is 23.6 Å². The molecule has 2 heterocycles. The lowest BCUT2D eigenvalue weighted by Gasteiger charge is -2.15. The van der Waals surface area contributed by atoms with Gasteiger partial charge in [-0.2, -0.15) is 0 Å². The highest BCUT2D eigenvalue weighted by Crippen LogP contribution is 2.40. The van der Waals surface area contributed by atoms with Crippen molar-refractivity contribution in [3.05, 3.63) is 63.8 Å². The van der Waals surface area contributed by atoms with Gasteiger partial charge in [0, 0.05) is 21.9 Å². The molecule has 1 N–H and O–H groups in total. The molecule has 0 saturated carbocycles. The smallest absolute Gasteiger partial charge is 0.266 e. The molecule has 0 spiro atoms. The largest absolute Gasteiger partial charge is 0.496 e. The highest BCUT2D eigenvalue weighted by molar-refractivity contribution is 7.17. The van der Waals surface area contributed by atoms with Crippen LogP contribution in [0, 0.1) is 0 Å². The van der Waals surface area contributed by atoms with Gasteiger partial charge in [0.2, 0.25) is 0 Å². The first kappa shape index (κ1) is 17.8. The Morgan fingerprint density at radius 2 is 1.89 bits per heavy atom. The van der Waals surface area contributed by atoms with Gasteiger partial charge in [0.25, 0.3) is 5.56 Å². The van der Waals surface area contributed by atoms with Crippen LogP contribution < -0.4 is 10.3 Å². The normalized spacial score (nSPS) is 12.6. The first-order valence-electron chi connectivity index (χ1n) is 9.34. The number of benzene rings is 2. The summed E-state index contributed by atoms with van der Waals surface area (Å²) in [6, 6.07) is 14.6. The number of hydrogen-bond acceptors (Lipinski definition) is 3. The van der Waals surface area contributed by atoms with Crippen LogP contribution >= 0.6 is 11.3 Å². The Morgan fingerprint density at radius 1 is 1.11 bits per heavy atom. The SMILES string of the molecule is CCC[C@H](C)c1ccc(-c2c(OC)ccc3[nH]c(=O)c4sccc4c23)cc1. The monoisotopic (exact) mass is 377 g/mol. The quantitative estimate of drug-likeness (QED) is 0.442. The first-order chi connectivity index (χ1) is 13.1. The average molecular weight is 378 g/mol. The van der Waals surface area contributed by atoms with Crippen molar-refractivity contribution >= 4 is 32.3 Å². The maximum Gasteiger partial charge on any atom is 0.266 e. The predicted octanol–water partition coefficient (Wildman–Crippen LogP) is 6.32. The van der Waals surface area contributed by atoms with Crippen LogP contribution in [0.5, 0.6) is 5.75 Å². The van der Waals surface area contributed by atoms with Crippen molar-refractivity contribution < 1.29 is 4.74 Å². The van der Waals surface area contributed by atoms with Crippen LogP contribution in [-0.2, 0) is 0 Å². The maximum atomic E-state index is 12.4. The van der Waals surface area contributed by atoms with E-state index >= 15 is 0 Å². The molecule has 0 radical (unpaired) electrons. The minimum absolute atomic E-state index is 0.0349. The van der Waals surface area contributed by atoms with E-state index in [1.165, 1.54) is 29.7 Å². The number of ether oxygens (including phenoxy) is 1. The second kappa shape index (κ2) is 7.20. The Labute approximate surface area is 162 Å². The molecule has 0 aliphatic carbocycles. The molecule has 3 nitrogen and oxygen atoms in total. The zero-order chi connectivity index (χ0) is 19.0. The number of hydrogen-bond donors (Lipinski definition) is 1. The highest BCUT2D eigenvalue weighted by atomic mass is 32.1. The van der Waals surface area contributed by atoms with Crippen LogP contribution in [-0.4, -0.2) is 12.1 Å². The number of pyridine rings is 1. The molecule has 0 aliphatic heterocycles. The molecule has 2 aromatic heterocycles. The van der Waals surface area contributed by atoms with E-state index in [-0.39, 0.29) is 5.56 Å². The van der Waals surface area contributed by atoms with Gasteiger partial charge in [-0.1, -0.05) is 44.5 Å². The number of rotatable bonds is 5. The Hall–Kier alpha value is -2.59. The van der Waals surface area contributed by atoms with Gasteiger partial charge >= 0.3 is 0 Å². The summed E-state index contributed by atoms with van der Waals surface area (Å²) in [7, 11) is 1.69. The number of methoxy groups -OCH3 is 1. The molecule has 2 aromatic carbocycles. The molecule has 1 atom stereocenters. The Bertz CT molecular complexity index is 1150. The maximum absolute atomic E-state index is 12.4. The van der Waals surface area contributed by atoms with Gasteiger partial charge in [0.1, 0.15) is 10.4 Å². The van der Waals surface area contributed by atoms with E-state index in [0.717, 1.165) is 37.9 Å². The van der Waals surface area contributed by atoms with Crippen LogP contribution in [0.4, 0.5) is 0 Å². The van der Waals surface area contributed by atoms with Gasteiger partial charge in [-0.3, -0.25) is 4.79 Å². The topological polar surface area (TPSA) is 42.1 Å². The van der Waals surface area contributed by atoms with Crippen LogP contribution in [0.25, 0.3) is 32.1 Å². The average Bonchev–Trinajstić information content (AvgIpc) is 3.18. The van der Waals surface area contributed by atoms with Crippen molar-refractivity contribution in [3.8, 4) is 16.9 Å². The van der Waals surface area contributed by atoms with Gasteiger partial charge in [-0.15, -0.1) is 11.3 Å². The van der Waals surface area contributed by atoms with E-state index in [1.54, 1.807) is 7.11 Å². The Morgan fingerprint density at radius 3 is 2.59 bits per heavy atom. The van der Waals surface area contributed by atoms with Crippen molar-refractivity contribution in [2.75, 3.05) is 7.11 Å². The van der Waals surface area contributed by atoms with E-state index in [2.05, 4.69) is 43.1 Å². The van der Waals surface area contributed by atoms with Crippen molar-refractivity contribution in [1.82, 2.24) is 4.98 Å². The summed E-state index contributed by atoms with van der Waals surface area (Å²) in [5.41, 5.74) is 4.29. The first-order valence-corrected chi connectivity index (χ1v) is 10.2. The Balaban J connectivity index is 1.97. The fourth-order valence-corrected chi connectivity index (χ4v) is 4.66. The van der Waals surface area contributed by atoms with Crippen molar-refractivity contribution in [2.45, 2.75) is 32.6 Å². The van der Waals surface area contributed by atoms with Gasteiger partial charge in [0.05, 0.1) is 7.11 Å². The fraction of sp³-hybridized carbons (Fsp3) is 0.261. The number of aromatic amines is 1. The predicted molar refractivity (Wildman–Crippen MR) is 115 cm³/mol. The molecule has 27 heavy (non-hydrogen) atoms. The molecule has 4 rings (SSSR count). The molecule has 0 amide bonds. The van der Waals surface area contributed by atoms with Gasteiger partial charge in [-0.05, 0) is 47.0 Å². The van der Waals surface area contributed by atoms with Crippen molar-refractivity contribution in [3.63, 3.8) is 0 Å². The molecule has 138 valence electrons. The molecule has 0 bridgehead atoms. The molecular weight excluding hydrogens is 354 g/mol. The molecule has 4 aromatic rings. The van der Waals surface area contributed by atoms with Gasteiger partial charge in [-0.25, -0.2) is 0 Å². The number of H-pyrrole nitrogens is 1. The number of fused-ring (bicyclic) bond motifs is 3. The minimum Gasteiger partial charge on any atom is -0.496 e. The number of nitrogens with one attached hydrogen (secondary N) is 1. The highest BCUT2D eigenvalue weighted by Gasteiger charge is 2.16. The lowest BCUT2D eigenvalue weighted by molar-refractivity contribution is 0.417. The molecule has 0 unspecified atom stereocenters. The molecule has 0 saturated heterocycles. The summed E-state index contributed by atoms with van der Waals surface area (Å²) in [6.45, 7) is 4.50. The lowest BCUT2D eigenvalue weighted by Crippen LogP contribution is -2.05. The van der Waals surface area contributed by atoms with Crippen LogP contribution in [0.3, 0.4) is 0 Å². The van der Waals surface area contributed by atoms with Gasteiger partial charge < -0.3 is 9.72 Å². The summed E-state index contributed by atoms with van der Waals surface area (Å²) in [5, 5.41) is 3.99. The second-order valence-electron chi connectivity index (χ2n) is 6.99. The molecule has 4 heteroatoms. The summed E-state index contributed by atoms with van der Waals surface area (Å²) in [4.78, 5) is 15.4. The third-order valence-corrected chi connectivity index (χ3v) is 6.18. The summed E-state index contributed by atoms with van der Waals surface area (Å²) in [6.07, 6.45) is 2.37. The van der Waals surface area contributed by atoms with E-state index < -0.39 is 0 Å². The molecule has 0 fully saturated rings. The number of aromatic nitrogens is 1. The minimum atomic E-state index is -0.0349. The van der Waals surface area contributed by atoms with Gasteiger partial charge in [0.15, 0.2) is 0 Å². The zero-order valence-corrected chi connectivity index (χ0v) is 16.7. The molecular formula is C23H23NO2S. The summed E-state index contributed by atoms with van der Waals surface area (Å²) < 4.78 is 6.45. The van der Waals surface area contributed by atoms with E-state index in [9.17, 15) is 4.79 Å². The number of thiophene rings is 1. The van der Waals surface area contributed by atoms with Crippen LogP contribution in [0.2, 0.25) is 0 Å². The van der Waals surface area contributed by atoms with Crippen LogP contribution in [0.1, 0.15) is 38.2 Å². The standard InChI is InChI=1S/C23H23NO2S/c1-4-5-14(2)15-6-8-16(9-7-15)20-19(26-3)11-10-18-21(20)17-12-13-27-22(17)23(25)24-18/h6-14H,4-5H2,1-3H3,(H,24,25)/t14-/m0/s1. The summed E-state index contributed by atoms with van der Waals surface area (Å²) in [5.74, 6) is 1.37. The third kappa shape index (κ3) is 3.04. The van der Waals surface area contributed by atoms with E-state index in [4.69, 9.17) is 4.74 Å². The van der Waals surface area contributed by atoms with E-state index in [0.29, 0.717) is 5.92 Å². The zero-order valence-electron chi connectivity index (χ0n) is 15.8. The lowest BCUT2D eigenvalue weighted by atomic mass is 9.92. The summed E-state index contributed by atoms with van der Waals surface area (Å²) >= 11 is 1.47. The fourth-order valence-electron chi connectivity index (χ4n) is 3.86. The molecule has 0 aliphatic rings. The Kier molecular flexibility index (Phi) is 4.75.